The van der Waals surface area contributed by atoms with Crippen molar-refractivity contribution in [2.24, 2.45) is 23.2 Å². The number of aromatic nitrogens is 1. The Morgan fingerprint density at radius 2 is 2.00 bits per heavy atom. The van der Waals surface area contributed by atoms with Crippen molar-refractivity contribution in [2.75, 3.05) is 32.6 Å². The normalized spacial score (nSPS) is 25.6. The summed E-state index contributed by atoms with van der Waals surface area (Å²) in [7, 11) is -3.23. The largest absolute Gasteiger partial charge is 0.478 e. The maximum atomic E-state index is 12.2. The monoisotopic (exact) mass is 436 g/mol. The predicted molar refractivity (Wildman–Crippen MR) is 112 cm³/mol. The number of pyridine rings is 1. The first kappa shape index (κ1) is 21.4. The van der Waals surface area contributed by atoms with Crippen LogP contribution in [-0.4, -0.2) is 57.0 Å². The highest BCUT2D eigenvalue weighted by atomic mass is 32.2. The molecule has 2 atom stereocenters. The number of sulfone groups is 1. The average Bonchev–Trinajstić information content (AvgIpc) is 3.64. The molecule has 0 spiro atoms. The lowest BCUT2D eigenvalue weighted by Gasteiger charge is -2.32. The van der Waals surface area contributed by atoms with Gasteiger partial charge in [0.25, 0.3) is 0 Å². The standard InChI is InChI=1S/C22H32N2O5S/c1-22(8-9-22)15-29-21(25)24-10-5-16(6-11-24)19-13-17(19)7-12-28-20-4-3-18(14-23-20)30(2,26)27/h3-4,14,16-17,19H,5-13,15H2,1-2H3. The summed E-state index contributed by atoms with van der Waals surface area (Å²) in [6.45, 7) is 4.93. The molecule has 3 fully saturated rings. The van der Waals surface area contributed by atoms with Gasteiger partial charge in [0.2, 0.25) is 5.88 Å². The summed E-state index contributed by atoms with van der Waals surface area (Å²) in [5, 5.41) is 0. The topological polar surface area (TPSA) is 85.8 Å². The maximum Gasteiger partial charge on any atom is 0.409 e. The second-order valence-corrected chi connectivity index (χ2v) is 11.6. The maximum absolute atomic E-state index is 12.2. The first-order chi connectivity index (χ1) is 14.2. The number of hydrogen-bond acceptors (Lipinski definition) is 6. The number of likely N-dealkylation sites (tertiary alicyclic amines) is 1. The molecule has 1 amide bonds. The Hall–Kier alpha value is -1.83. The van der Waals surface area contributed by atoms with Crippen LogP contribution < -0.4 is 4.74 Å². The van der Waals surface area contributed by atoms with Crippen LogP contribution in [0.1, 0.15) is 45.4 Å². The zero-order valence-electron chi connectivity index (χ0n) is 17.9. The van der Waals surface area contributed by atoms with Crippen LogP contribution in [0.15, 0.2) is 23.2 Å². The number of nitrogens with zero attached hydrogens (tertiary/aromatic N) is 2. The molecule has 2 saturated carbocycles. The predicted octanol–water partition coefficient (Wildman–Crippen LogP) is 3.54. The van der Waals surface area contributed by atoms with E-state index in [0.717, 1.165) is 51.1 Å². The summed E-state index contributed by atoms with van der Waals surface area (Å²) in [5.74, 6) is 2.56. The van der Waals surface area contributed by atoms with E-state index in [2.05, 4.69) is 11.9 Å². The summed E-state index contributed by atoms with van der Waals surface area (Å²) in [6, 6.07) is 3.14. The minimum absolute atomic E-state index is 0.142. The van der Waals surface area contributed by atoms with Crippen LogP contribution in [0.5, 0.6) is 5.88 Å². The molecule has 0 N–H and O–H groups in total. The summed E-state index contributed by atoms with van der Waals surface area (Å²) in [5.41, 5.74) is 0.239. The fraction of sp³-hybridized carbons (Fsp3) is 0.727. The molecule has 1 aromatic rings. The Morgan fingerprint density at radius 3 is 2.60 bits per heavy atom. The molecule has 2 aliphatic carbocycles. The molecule has 0 radical (unpaired) electrons. The van der Waals surface area contributed by atoms with Crippen LogP contribution in [0.3, 0.4) is 0 Å². The van der Waals surface area contributed by atoms with Crippen LogP contribution in [0.4, 0.5) is 4.79 Å². The van der Waals surface area contributed by atoms with Gasteiger partial charge in [-0.3, -0.25) is 0 Å². The van der Waals surface area contributed by atoms with E-state index >= 15 is 0 Å². The summed E-state index contributed by atoms with van der Waals surface area (Å²) in [6.07, 6.45) is 9.03. The number of ether oxygens (including phenoxy) is 2. The summed E-state index contributed by atoms with van der Waals surface area (Å²) in [4.78, 5) is 18.4. The Kier molecular flexibility index (Phi) is 5.97. The highest BCUT2D eigenvalue weighted by Crippen LogP contribution is 2.50. The van der Waals surface area contributed by atoms with E-state index in [9.17, 15) is 13.2 Å². The number of carbonyl (C=O) groups excluding carboxylic acids is 1. The van der Waals surface area contributed by atoms with Gasteiger partial charge in [0.05, 0.1) is 18.1 Å². The van der Waals surface area contributed by atoms with Gasteiger partial charge in [0.15, 0.2) is 9.84 Å². The number of amides is 1. The van der Waals surface area contributed by atoms with E-state index in [4.69, 9.17) is 9.47 Å². The van der Waals surface area contributed by atoms with E-state index in [1.165, 1.54) is 24.9 Å². The molecule has 0 aromatic carbocycles. The van der Waals surface area contributed by atoms with Crippen molar-refractivity contribution in [2.45, 2.75) is 50.3 Å². The molecule has 1 saturated heterocycles. The molecule has 30 heavy (non-hydrogen) atoms. The van der Waals surface area contributed by atoms with Crippen molar-refractivity contribution < 1.29 is 22.7 Å². The third-order valence-electron chi connectivity index (χ3n) is 6.90. The third-order valence-corrected chi connectivity index (χ3v) is 8.00. The van der Waals surface area contributed by atoms with Crippen LogP contribution in [0.25, 0.3) is 0 Å². The van der Waals surface area contributed by atoms with E-state index in [1.54, 1.807) is 6.07 Å². The quantitative estimate of drug-likeness (QED) is 0.620. The average molecular weight is 437 g/mol. The number of hydrogen-bond donors (Lipinski definition) is 0. The lowest BCUT2D eigenvalue weighted by molar-refractivity contribution is 0.0713. The molecule has 2 heterocycles. The lowest BCUT2D eigenvalue weighted by Crippen LogP contribution is -2.40. The molecule has 1 aromatic heterocycles. The van der Waals surface area contributed by atoms with Crippen molar-refractivity contribution in [3.8, 4) is 5.88 Å². The zero-order valence-corrected chi connectivity index (χ0v) is 18.7. The molecule has 7 nitrogen and oxygen atoms in total. The summed E-state index contributed by atoms with van der Waals surface area (Å²) < 4.78 is 34.1. The third kappa shape index (κ3) is 5.45. The fourth-order valence-electron chi connectivity index (χ4n) is 4.36. The van der Waals surface area contributed by atoms with Gasteiger partial charge < -0.3 is 14.4 Å². The van der Waals surface area contributed by atoms with Crippen LogP contribution in [-0.2, 0) is 14.6 Å². The van der Waals surface area contributed by atoms with Crippen molar-refractivity contribution in [1.82, 2.24) is 9.88 Å². The smallest absolute Gasteiger partial charge is 0.409 e. The van der Waals surface area contributed by atoms with Gasteiger partial charge in [-0.25, -0.2) is 18.2 Å². The molecule has 8 heteroatoms. The van der Waals surface area contributed by atoms with Gasteiger partial charge >= 0.3 is 6.09 Å². The van der Waals surface area contributed by atoms with Gasteiger partial charge in [0.1, 0.15) is 0 Å². The second-order valence-electron chi connectivity index (χ2n) is 9.59. The number of rotatable bonds is 8. The van der Waals surface area contributed by atoms with Crippen molar-refractivity contribution in [3.63, 3.8) is 0 Å². The lowest BCUT2D eigenvalue weighted by atomic mass is 9.91. The molecule has 0 bridgehead atoms. The van der Waals surface area contributed by atoms with Crippen LogP contribution >= 0.6 is 0 Å². The highest BCUT2D eigenvalue weighted by Gasteiger charge is 2.44. The highest BCUT2D eigenvalue weighted by molar-refractivity contribution is 7.90. The van der Waals surface area contributed by atoms with Gasteiger partial charge in [-0.2, -0.15) is 0 Å². The minimum atomic E-state index is -3.23. The van der Waals surface area contributed by atoms with E-state index in [1.807, 2.05) is 4.90 Å². The van der Waals surface area contributed by atoms with Crippen molar-refractivity contribution in [3.05, 3.63) is 18.3 Å². The minimum Gasteiger partial charge on any atom is -0.478 e. The number of carbonyl (C=O) groups is 1. The molecular formula is C22H32N2O5S. The van der Waals surface area contributed by atoms with E-state index in [0.29, 0.717) is 30.9 Å². The Morgan fingerprint density at radius 1 is 1.27 bits per heavy atom. The van der Waals surface area contributed by atoms with Gasteiger partial charge in [0, 0.05) is 37.0 Å². The number of piperidine rings is 1. The van der Waals surface area contributed by atoms with Crippen LogP contribution in [0, 0.1) is 23.2 Å². The SMILES string of the molecule is CC1(COC(=O)N2CCC(C3CC3CCOc3ccc(S(C)(=O)=O)cn3)CC2)CC1. The Balaban J connectivity index is 1.12. The fourth-order valence-corrected chi connectivity index (χ4v) is 4.92. The summed E-state index contributed by atoms with van der Waals surface area (Å²) >= 11 is 0. The van der Waals surface area contributed by atoms with E-state index < -0.39 is 9.84 Å². The first-order valence-corrected chi connectivity index (χ1v) is 12.8. The molecule has 166 valence electrons. The molecular weight excluding hydrogens is 404 g/mol. The zero-order chi connectivity index (χ0) is 21.4. The molecule has 2 unspecified atom stereocenters. The van der Waals surface area contributed by atoms with Crippen molar-refractivity contribution >= 4 is 15.9 Å². The van der Waals surface area contributed by atoms with Gasteiger partial charge in [-0.15, -0.1) is 0 Å². The second kappa shape index (κ2) is 8.36. The van der Waals surface area contributed by atoms with E-state index in [-0.39, 0.29) is 16.4 Å². The van der Waals surface area contributed by atoms with Crippen molar-refractivity contribution in [1.29, 1.82) is 0 Å². The van der Waals surface area contributed by atoms with Gasteiger partial charge in [-0.05, 0) is 62.3 Å². The Bertz CT molecular complexity index is 858. The van der Waals surface area contributed by atoms with Crippen LogP contribution in [0.2, 0.25) is 0 Å². The molecule has 4 rings (SSSR count). The molecule has 1 aliphatic heterocycles. The molecule has 3 aliphatic rings. The van der Waals surface area contributed by atoms with Gasteiger partial charge in [-0.1, -0.05) is 6.92 Å². The first-order valence-electron chi connectivity index (χ1n) is 10.9. The Labute approximate surface area is 179 Å².